The number of rotatable bonds is 6. The number of hydrogen-bond donors (Lipinski definition) is 1. The molecule has 3 heterocycles. The van der Waals surface area contributed by atoms with Crippen LogP contribution in [0.2, 0.25) is 5.02 Å². The molecule has 9 heteroatoms. The molecule has 0 bridgehead atoms. The quantitative estimate of drug-likeness (QED) is 0.556. The van der Waals surface area contributed by atoms with Gasteiger partial charge in [-0.05, 0) is 41.5 Å². The number of carbonyl (C=O) groups excluding carboxylic acids is 1. The summed E-state index contributed by atoms with van der Waals surface area (Å²) < 4.78 is 29.6. The number of carbonyl (C=O) groups is 1. The molecule has 1 amide bonds. The largest absolute Gasteiger partial charge is 0.486 e. The van der Waals surface area contributed by atoms with E-state index in [1.165, 1.54) is 12.3 Å². The molecule has 1 N–H and O–H groups in total. The fourth-order valence-electron chi connectivity index (χ4n) is 3.37. The minimum Gasteiger partial charge on any atom is -0.486 e. The van der Waals surface area contributed by atoms with Crippen LogP contribution in [0.5, 0.6) is 5.75 Å². The first kappa shape index (κ1) is 22.0. The smallest absolute Gasteiger partial charge is 0.244 e. The molecule has 3 aromatic rings. The summed E-state index contributed by atoms with van der Waals surface area (Å²) >= 11 is 6.43. The zero-order chi connectivity index (χ0) is 22.7. The number of benzene rings is 1. The second kappa shape index (κ2) is 9.10. The van der Waals surface area contributed by atoms with E-state index in [1.54, 1.807) is 42.9 Å². The highest BCUT2D eigenvalue weighted by atomic mass is 35.5. The van der Waals surface area contributed by atoms with E-state index in [0.717, 1.165) is 22.9 Å². The van der Waals surface area contributed by atoms with Gasteiger partial charge < -0.3 is 10.1 Å². The maximum atomic E-state index is 12.1. The van der Waals surface area contributed by atoms with Crippen molar-refractivity contribution < 1.29 is 17.9 Å². The first-order valence-corrected chi connectivity index (χ1v) is 12.1. The van der Waals surface area contributed by atoms with Crippen LogP contribution in [0.15, 0.2) is 66.1 Å². The minimum absolute atomic E-state index is 0.141. The Balaban J connectivity index is 1.43. The predicted molar refractivity (Wildman–Crippen MR) is 122 cm³/mol. The summed E-state index contributed by atoms with van der Waals surface area (Å²) in [5, 5.41) is 3.25. The summed E-state index contributed by atoms with van der Waals surface area (Å²) in [6, 6.07) is 8.86. The Morgan fingerprint density at radius 3 is 2.81 bits per heavy atom. The number of nitrogens with zero attached hydrogens (tertiary/aromatic N) is 2. The lowest BCUT2D eigenvalue weighted by Gasteiger charge is -2.11. The zero-order valence-electron chi connectivity index (χ0n) is 17.2. The van der Waals surface area contributed by atoms with Crippen molar-refractivity contribution in [2.24, 2.45) is 0 Å². The maximum absolute atomic E-state index is 12.1. The topological polar surface area (TPSA) is 98.2 Å². The van der Waals surface area contributed by atoms with Crippen molar-refractivity contribution in [1.29, 1.82) is 0 Å². The van der Waals surface area contributed by atoms with Gasteiger partial charge in [-0.1, -0.05) is 17.7 Å². The Morgan fingerprint density at radius 2 is 2.06 bits per heavy atom. The third-order valence-corrected chi connectivity index (χ3v) is 6.30. The summed E-state index contributed by atoms with van der Waals surface area (Å²) in [4.78, 5) is 20.3. The lowest BCUT2D eigenvalue weighted by Crippen LogP contribution is -2.33. The van der Waals surface area contributed by atoms with Gasteiger partial charge in [0.1, 0.15) is 11.9 Å². The molecule has 32 heavy (non-hydrogen) atoms. The van der Waals surface area contributed by atoms with Crippen molar-refractivity contribution in [2.75, 3.05) is 12.8 Å². The average Bonchev–Trinajstić information content (AvgIpc) is 3.20. The van der Waals surface area contributed by atoms with Crippen LogP contribution >= 0.6 is 11.6 Å². The molecule has 1 aliphatic rings. The van der Waals surface area contributed by atoms with Crippen molar-refractivity contribution >= 4 is 33.4 Å². The van der Waals surface area contributed by atoms with Gasteiger partial charge in [0.15, 0.2) is 9.84 Å². The summed E-state index contributed by atoms with van der Waals surface area (Å²) in [7, 11) is -3.37. The van der Waals surface area contributed by atoms with Crippen LogP contribution in [0.25, 0.3) is 17.2 Å². The Bertz CT molecular complexity index is 1290. The fourth-order valence-corrected chi connectivity index (χ4v) is 4.24. The molecule has 164 valence electrons. The zero-order valence-corrected chi connectivity index (χ0v) is 18.7. The van der Waals surface area contributed by atoms with Crippen LogP contribution in [0.4, 0.5) is 0 Å². The highest BCUT2D eigenvalue weighted by Gasteiger charge is 2.26. The van der Waals surface area contributed by atoms with Gasteiger partial charge in [0.25, 0.3) is 0 Å². The molecule has 4 rings (SSSR count). The van der Waals surface area contributed by atoms with Gasteiger partial charge in [-0.25, -0.2) is 8.42 Å². The minimum atomic E-state index is -3.37. The van der Waals surface area contributed by atoms with E-state index in [2.05, 4.69) is 15.3 Å². The van der Waals surface area contributed by atoms with Crippen LogP contribution < -0.4 is 10.1 Å². The Morgan fingerprint density at radius 1 is 1.22 bits per heavy atom. The van der Waals surface area contributed by atoms with Gasteiger partial charge in [-0.3, -0.25) is 14.8 Å². The van der Waals surface area contributed by atoms with Crippen LogP contribution in [-0.4, -0.2) is 43.2 Å². The number of nitrogens with one attached hydrogen (secondary N) is 1. The molecule has 0 saturated carbocycles. The average molecular weight is 470 g/mol. The Labute approximate surface area is 191 Å². The first-order chi connectivity index (χ1) is 15.3. The van der Waals surface area contributed by atoms with E-state index in [1.807, 2.05) is 12.1 Å². The van der Waals surface area contributed by atoms with Crippen molar-refractivity contribution in [3.63, 3.8) is 0 Å². The number of ether oxygens (including phenoxy) is 1. The maximum Gasteiger partial charge on any atom is 0.244 e. The number of halogens is 1. The fraction of sp³-hybridized carbons (Fsp3) is 0.174. The number of fused-ring (bicyclic) bond motifs is 1. The highest BCUT2D eigenvalue weighted by Crippen LogP contribution is 2.39. The molecular formula is C23H20ClN3O4S. The van der Waals surface area contributed by atoms with Crippen LogP contribution in [0, 0.1) is 0 Å². The third-order valence-electron chi connectivity index (χ3n) is 4.94. The molecule has 0 aliphatic carbocycles. The summed E-state index contributed by atoms with van der Waals surface area (Å²) in [5.41, 5.74) is 3.12. The summed E-state index contributed by atoms with van der Waals surface area (Å²) in [6.07, 6.45) is 10.8. The van der Waals surface area contributed by atoms with Gasteiger partial charge >= 0.3 is 0 Å². The molecule has 0 spiro atoms. The molecule has 1 aliphatic heterocycles. The third kappa shape index (κ3) is 5.15. The van der Waals surface area contributed by atoms with Crippen LogP contribution in [0.3, 0.4) is 0 Å². The monoisotopic (exact) mass is 469 g/mol. The van der Waals surface area contributed by atoms with Crippen molar-refractivity contribution in [2.45, 2.75) is 17.4 Å². The lowest BCUT2D eigenvalue weighted by atomic mass is 10.0. The van der Waals surface area contributed by atoms with Gasteiger partial charge in [0.2, 0.25) is 5.91 Å². The van der Waals surface area contributed by atoms with E-state index in [9.17, 15) is 13.2 Å². The number of aromatic nitrogens is 2. The second-order valence-corrected chi connectivity index (χ2v) is 9.86. The summed E-state index contributed by atoms with van der Waals surface area (Å²) in [6.45, 7) is 0.321. The van der Waals surface area contributed by atoms with Gasteiger partial charge in [0, 0.05) is 54.7 Å². The summed E-state index contributed by atoms with van der Waals surface area (Å²) in [5.74, 6) is 0.344. The molecule has 1 aromatic carbocycles. The SMILES string of the molecule is CS(=O)(=O)c1cncc(-c2cc(Cl)c3c(c2)CC(CNC(=O)C=Cc2cccnc2)O3)c1. The van der Waals surface area contributed by atoms with Crippen LogP contribution in [0.1, 0.15) is 11.1 Å². The highest BCUT2D eigenvalue weighted by molar-refractivity contribution is 7.90. The molecule has 0 fully saturated rings. The van der Waals surface area contributed by atoms with Crippen molar-refractivity contribution in [3.05, 3.63) is 77.3 Å². The molecule has 1 unspecified atom stereocenters. The lowest BCUT2D eigenvalue weighted by molar-refractivity contribution is -0.116. The van der Waals surface area contributed by atoms with E-state index in [-0.39, 0.29) is 16.9 Å². The standard InChI is InChI=1S/C23H20ClN3O4S/c1-32(29,30)20-9-18(12-26-14-20)16-7-17-8-19(31-23(17)21(24)10-16)13-27-22(28)5-4-15-3-2-6-25-11-15/h2-7,9-12,14,19H,8,13H2,1H3,(H,27,28). The van der Waals surface area contributed by atoms with Crippen molar-refractivity contribution in [1.82, 2.24) is 15.3 Å². The number of sulfone groups is 1. The first-order valence-electron chi connectivity index (χ1n) is 9.80. The number of hydrogen-bond acceptors (Lipinski definition) is 6. The Hall–Kier alpha value is -3.23. The van der Waals surface area contributed by atoms with Crippen LogP contribution in [-0.2, 0) is 21.1 Å². The number of amides is 1. The molecule has 0 saturated heterocycles. The molecule has 7 nitrogen and oxygen atoms in total. The Kier molecular flexibility index (Phi) is 6.25. The van der Waals surface area contributed by atoms with E-state index in [0.29, 0.717) is 29.3 Å². The van der Waals surface area contributed by atoms with Crippen molar-refractivity contribution in [3.8, 4) is 16.9 Å². The predicted octanol–water partition coefficient (Wildman–Crippen LogP) is 3.33. The van der Waals surface area contributed by atoms with E-state index >= 15 is 0 Å². The van der Waals surface area contributed by atoms with Gasteiger partial charge in [-0.15, -0.1) is 0 Å². The normalized spacial score (nSPS) is 15.4. The van der Waals surface area contributed by atoms with E-state index < -0.39 is 9.84 Å². The van der Waals surface area contributed by atoms with Gasteiger partial charge in [0.05, 0.1) is 16.5 Å². The molecular weight excluding hydrogens is 450 g/mol. The van der Waals surface area contributed by atoms with Gasteiger partial charge in [-0.2, -0.15) is 0 Å². The number of pyridine rings is 2. The van der Waals surface area contributed by atoms with E-state index in [4.69, 9.17) is 16.3 Å². The molecule has 2 aromatic heterocycles. The second-order valence-electron chi connectivity index (χ2n) is 7.44. The molecule has 1 atom stereocenters. The molecule has 0 radical (unpaired) electrons.